The second-order valence-electron chi connectivity index (χ2n) is 6.48. The van der Waals surface area contributed by atoms with Gasteiger partial charge in [0.25, 0.3) is 0 Å². The van der Waals surface area contributed by atoms with Crippen molar-refractivity contribution in [2.24, 2.45) is 0 Å². The first-order valence-corrected chi connectivity index (χ1v) is 9.56. The van der Waals surface area contributed by atoms with Crippen LogP contribution in [0.5, 0.6) is 11.5 Å². The molecule has 0 spiro atoms. The number of fused-ring (bicyclic) bond motifs is 1. The molecule has 0 unspecified atom stereocenters. The van der Waals surface area contributed by atoms with Crippen molar-refractivity contribution in [1.29, 1.82) is 0 Å². The molecule has 0 radical (unpaired) electrons. The lowest BCUT2D eigenvalue weighted by molar-refractivity contribution is -0.116. The molecule has 7 heteroatoms. The normalized spacial score (nSPS) is 12.2. The van der Waals surface area contributed by atoms with Crippen LogP contribution in [0.2, 0.25) is 0 Å². The van der Waals surface area contributed by atoms with Crippen molar-refractivity contribution in [2.75, 3.05) is 25.1 Å². The summed E-state index contributed by atoms with van der Waals surface area (Å²) in [5.74, 6) is 0.577. The molecule has 0 saturated heterocycles. The zero-order chi connectivity index (χ0) is 20.6. The summed E-state index contributed by atoms with van der Waals surface area (Å²) >= 11 is 0. The first kappa shape index (κ1) is 20.4. The first-order valence-electron chi connectivity index (χ1n) is 9.56. The zero-order valence-corrected chi connectivity index (χ0v) is 16.2. The number of hydrogen-bond donors (Lipinski definition) is 1. The van der Waals surface area contributed by atoms with Crippen LogP contribution in [0.4, 0.5) is 5.69 Å². The highest BCUT2D eigenvalue weighted by Crippen LogP contribution is 2.31. The average molecular weight is 397 g/mol. The largest absolute Gasteiger partial charge is 0.486 e. The number of rotatable bonds is 8. The molecular weight excluding hydrogens is 374 g/mol. The highest BCUT2D eigenvalue weighted by atomic mass is 16.6. The van der Waals surface area contributed by atoms with Crippen LogP contribution in [0.1, 0.15) is 46.9 Å². The fourth-order valence-corrected chi connectivity index (χ4v) is 2.90. The van der Waals surface area contributed by atoms with E-state index in [9.17, 15) is 14.4 Å². The van der Waals surface area contributed by atoms with Crippen LogP contribution in [0, 0.1) is 0 Å². The van der Waals surface area contributed by atoms with Crippen molar-refractivity contribution in [2.45, 2.75) is 26.2 Å². The van der Waals surface area contributed by atoms with E-state index in [0.29, 0.717) is 54.6 Å². The number of ether oxygens (including phenoxy) is 3. The Morgan fingerprint density at radius 1 is 0.931 bits per heavy atom. The SMILES string of the molecule is CCOC(=O)c1ccc(NC(=O)CCCC(=O)c2ccc3c(c2)OCCO3)cc1. The van der Waals surface area contributed by atoms with Gasteiger partial charge in [0.05, 0.1) is 12.2 Å². The lowest BCUT2D eigenvalue weighted by Crippen LogP contribution is -2.16. The first-order chi connectivity index (χ1) is 14.1. The highest BCUT2D eigenvalue weighted by molar-refractivity contribution is 5.97. The van der Waals surface area contributed by atoms with Gasteiger partial charge < -0.3 is 19.5 Å². The van der Waals surface area contributed by atoms with Crippen LogP contribution in [-0.4, -0.2) is 37.5 Å². The van der Waals surface area contributed by atoms with Crippen molar-refractivity contribution < 1.29 is 28.6 Å². The monoisotopic (exact) mass is 397 g/mol. The Balaban J connectivity index is 1.45. The number of Topliss-reactive ketones (excluding diaryl/α,β-unsaturated/α-hetero) is 1. The number of ketones is 1. The third-order valence-electron chi connectivity index (χ3n) is 4.35. The van der Waals surface area contributed by atoms with E-state index in [1.807, 2.05) is 0 Å². The molecule has 0 aliphatic carbocycles. The minimum Gasteiger partial charge on any atom is -0.486 e. The molecule has 152 valence electrons. The summed E-state index contributed by atoms with van der Waals surface area (Å²) < 4.78 is 15.9. The third kappa shape index (κ3) is 5.57. The van der Waals surface area contributed by atoms with Crippen molar-refractivity contribution >= 4 is 23.3 Å². The van der Waals surface area contributed by atoms with E-state index in [1.165, 1.54) is 0 Å². The Bertz CT molecular complexity index is 891. The molecule has 0 aromatic heterocycles. The van der Waals surface area contributed by atoms with Gasteiger partial charge in [0.1, 0.15) is 13.2 Å². The Kier molecular flexibility index (Phi) is 6.84. The number of esters is 1. The fraction of sp³-hybridized carbons (Fsp3) is 0.318. The second-order valence-corrected chi connectivity index (χ2v) is 6.48. The molecule has 3 rings (SSSR count). The third-order valence-corrected chi connectivity index (χ3v) is 4.35. The van der Waals surface area contributed by atoms with Crippen molar-refractivity contribution in [3.05, 3.63) is 53.6 Å². The van der Waals surface area contributed by atoms with Crippen LogP contribution < -0.4 is 14.8 Å². The van der Waals surface area contributed by atoms with Crippen LogP contribution in [0.25, 0.3) is 0 Å². The van der Waals surface area contributed by atoms with Crippen LogP contribution in [-0.2, 0) is 9.53 Å². The summed E-state index contributed by atoms with van der Waals surface area (Å²) in [7, 11) is 0. The smallest absolute Gasteiger partial charge is 0.338 e. The molecule has 29 heavy (non-hydrogen) atoms. The number of carbonyl (C=O) groups excluding carboxylic acids is 3. The lowest BCUT2D eigenvalue weighted by atomic mass is 10.0. The van der Waals surface area contributed by atoms with Gasteiger partial charge in [-0.05, 0) is 55.8 Å². The molecule has 0 bridgehead atoms. The van der Waals surface area contributed by atoms with E-state index in [2.05, 4.69) is 5.32 Å². The number of nitrogens with one attached hydrogen (secondary N) is 1. The maximum atomic E-state index is 12.4. The summed E-state index contributed by atoms with van der Waals surface area (Å²) in [4.78, 5) is 36.1. The maximum absolute atomic E-state index is 12.4. The molecule has 1 aliphatic heterocycles. The molecule has 1 N–H and O–H groups in total. The van der Waals surface area contributed by atoms with Gasteiger partial charge in [-0.1, -0.05) is 0 Å². The number of anilines is 1. The molecule has 0 atom stereocenters. The average Bonchev–Trinajstić information content (AvgIpc) is 2.74. The van der Waals surface area contributed by atoms with Gasteiger partial charge in [-0.25, -0.2) is 4.79 Å². The van der Waals surface area contributed by atoms with Gasteiger partial charge >= 0.3 is 5.97 Å². The Morgan fingerprint density at radius 2 is 1.62 bits per heavy atom. The molecule has 2 aromatic rings. The van der Waals surface area contributed by atoms with E-state index in [0.717, 1.165) is 0 Å². The van der Waals surface area contributed by atoms with Gasteiger partial charge in [0, 0.05) is 24.1 Å². The quantitative estimate of drug-likeness (QED) is 0.540. The molecule has 1 heterocycles. The number of amides is 1. The van der Waals surface area contributed by atoms with E-state index in [-0.39, 0.29) is 24.5 Å². The second kappa shape index (κ2) is 9.73. The van der Waals surface area contributed by atoms with Crippen LogP contribution in [0.3, 0.4) is 0 Å². The molecule has 1 aliphatic rings. The molecule has 0 fully saturated rings. The van der Waals surface area contributed by atoms with Crippen LogP contribution >= 0.6 is 0 Å². The number of benzene rings is 2. The van der Waals surface area contributed by atoms with Gasteiger partial charge in [-0.15, -0.1) is 0 Å². The number of hydrogen-bond acceptors (Lipinski definition) is 6. The van der Waals surface area contributed by atoms with Gasteiger partial charge in [-0.3, -0.25) is 9.59 Å². The van der Waals surface area contributed by atoms with Gasteiger partial charge in [0.15, 0.2) is 17.3 Å². The van der Waals surface area contributed by atoms with E-state index < -0.39 is 5.97 Å². The van der Waals surface area contributed by atoms with Crippen molar-refractivity contribution in [1.82, 2.24) is 0 Å². The van der Waals surface area contributed by atoms with Crippen LogP contribution in [0.15, 0.2) is 42.5 Å². The Hall–Kier alpha value is -3.35. The van der Waals surface area contributed by atoms with Crippen molar-refractivity contribution in [3.63, 3.8) is 0 Å². The maximum Gasteiger partial charge on any atom is 0.338 e. The van der Waals surface area contributed by atoms with Gasteiger partial charge in [-0.2, -0.15) is 0 Å². The minimum atomic E-state index is -0.400. The van der Waals surface area contributed by atoms with E-state index in [4.69, 9.17) is 14.2 Å². The van der Waals surface area contributed by atoms with E-state index >= 15 is 0 Å². The molecule has 1 amide bonds. The number of carbonyl (C=O) groups is 3. The highest BCUT2D eigenvalue weighted by Gasteiger charge is 2.15. The summed E-state index contributed by atoms with van der Waals surface area (Å²) in [6, 6.07) is 11.6. The summed E-state index contributed by atoms with van der Waals surface area (Å²) in [5, 5.41) is 2.76. The van der Waals surface area contributed by atoms with Gasteiger partial charge in [0.2, 0.25) is 5.91 Å². The summed E-state index contributed by atoms with van der Waals surface area (Å²) in [6.45, 7) is 3.01. The lowest BCUT2D eigenvalue weighted by Gasteiger charge is -2.18. The summed E-state index contributed by atoms with van der Waals surface area (Å²) in [5.41, 5.74) is 1.56. The standard InChI is InChI=1S/C22H23NO6/c1-2-27-22(26)15-6-9-17(10-7-15)23-21(25)5-3-4-18(24)16-8-11-19-20(14-16)29-13-12-28-19/h6-11,14H,2-5,12-13H2,1H3,(H,23,25). The summed E-state index contributed by atoms with van der Waals surface area (Å²) in [6.07, 6.45) is 0.908. The molecule has 2 aromatic carbocycles. The predicted molar refractivity (Wildman–Crippen MR) is 107 cm³/mol. The Morgan fingerprint density at radius 3 is 2.34 bits per heavy atom. The fourth-order valence-electron chi connectivity index (χ4n) is 2.90. The minimum absolute atomic E-state index is 0.0476. The predicted octanol–water partition coefficient (Wildman–Crippen LogP) is 3.63. The molecular formula is C22H23NO6. The van der Waals surface area contributed by atoms with Crippen molar-refractivity contribution in [3.8, 4) is 11.5 Å². The Labute approximate surface area is 169 Å². The molecule has 7 nitrogen and oxygen atoms in total. The van der Waals surface area contributed by atoms with E-state index in [1.54, 1.807) is 49.4 Å². The zero-order valence-electron chi connectivity index (χ0n) is 16.2. The topological polar surface area (TPSA) is 90.9 Å². The molecule has 0 saturated carbocycles.